The Labute approximate surface area is 200 Å². The number of thioether (sulfide) groups is 1. The molecule has 1 aromatic heterocycles. The molecule has 0 aliphatic carbocycles. The molecule has 8 nitrogen and oxygen atoms in total. The quantitative estimate of drug-likeness (QED) is 0.388. The molecule has 2 heterocycles. The number of nitrogens with zero attached hydrogens (tertiary/aromatic N) is 3. The van der Waals surface area contributed by atoms with Gasteiger partial charge in [-0.25, -0.2) is 0 Å². The van der Waals surface area contributed by atoms with E-state index < -0.39 is 0 Å². The summed E-state index contributed by atoms with van der Waals surface area (Å²) in [7, 11) is 1.58. The van der Waals surface area contributed by atoms with Gasteiger partial charge in [-0.1, -0.05) is 36.0 Å². The van der Waals surface area contributed by atoms with E-state index in [-0.39, 0.29) is 18.5 Å². The van der Waals surface area contributed by atoms with Crippen LogP contribution >= 0.6 is 11.8 Å². The van der Waals surface area contributed by atoms with Crippen molar-refractivity contribution in [2.75, 3.05) is 25.0 Å². The molecule has 5 rings (SSSR count). The Kier molecular flexibility index (Phi) is 6.09. The van der Waals surface area contributed by atoms with Gasteiger partial charge in [0.05, 0.1) is 18.6 Å². The molecule has 1 amide bonds. The average Bonchev–Trinajstić information content (AvgIpc) is 3.50. The first-order valence-corrected chi connectivity index (χ1v) is 11.6. The van der Waals surface area contributed by atoms with Crippen LogP contribution in [0.25, 0.3) is 17.1 Å². The van der Waals surface area contributed by atoms with Gasteiger partial charge < -0.3 is 19.5 Å². The fraction of sp³-hybridized carbons (Fsp3) is 0.160. The lowest BCUT2D eigenvalue weighted by Gasteiger charge is -2.12. The first kappa shape index (κ1) is 21.8. The number of anilines is 1. The Bertz CT molecular complexity index is 1340. The standard InChI is InChI=1S/C25H22N4O4S/c1-16-8-10-20(31-2)19(12-16)26-23(30)14-34-25-28-27-24(29(25)18-6-4-3-5-7-18)17-9-11-21-22(13-17)33-15-32-21/h3-13H,14-15H2,1-2H3,(H,26,30). The number of carbonyl (C=O) groups excluding carboxylic acids is 1. The molecule has 0 saturated heterocycles. The molecular formula is C25H22N4O4S. The maximum Gasteiger partial charge on any atom is 0.234 e. The number of aromatic nitrogens is 3. The molecule has 0 unspecified atom stereocenters. The summed E-state index contributed by atoms with van der Waals surface area (Å²) < 4.78 is 18.2. The van der Waals surface area contributed by atoms with Crippen LogP contribution in [0.4, 0.5) is 5.69 Å². The van der Waals surface area contributed by atoms with E-state index in [9.17, 15) is 4.79 Å². The highest BCUT2D eigenvalue weighted by Gasteiger charge is 2.21. The van der Waals surface area contributed by atoms with Crippen molar-refractivity contribution in [1.29, 1.82) is 0 Å². The van der Waals surface area contributed by atoms with Crippen molar-refractivity contribution >= 4 is 23.4 Å². The van der Waals surface area contributed by atoms with E-state index in [0.717, 1.165) is 16.8 Å². The normalized spacial score (nSPS) is 11.9. The van der Waals surface area contributed by atoms with Crippen LogP contribution in [0, 0.1) is 6.92 Å². The third-order valence-electron chi connectivity index (χ3n) is 5.24. The van der Waals surface area contributed by atoms with Gasteiger partial charge in [0, 0.05) is 11.3 Å². The van der Waals surface area contributed by atoms with E-state index in [4.69, 9.17) is 14.2 Å². The molecular weight excluding hydrogens is 452 g/mol. The number of carbonyl (C=O) groups is 1. The molecule has 1 aliphatic rings. The maximum atomic E-state index is 12.7. The molecule has 0 saturated carbocycles. The molecule has 4 aromatic rings. The molecule has 3 aromatic carbocycles. The molecule has 0 spiro atoms. The minimum atomic E-state index is -0.166. The van der Waals surface area contributed by atoms with E-state index in [1.807, 2.05) is 78.2 Å². The predicted molar refractivity (Wildman–Crippen MR) is 130 cm³/mol. The van der Waals surface area contributed by atoms with E-state index >= 15 is 0 Å². The van der Waals surface area contributed by atoms with Gasteiger partial charge in [-0.15, -0.1) is 10.2 Å². The van der Waals surface area contributed by atoms with Crippen molar-refractivity contribution in [3.05, 3.63) is 72.3 Å². The highest BCUT2D eigenvalue weighted by molar-refractivity contribution is 7.99. The summed E-state index contributed by atoms with van der Waals surface area (Å²) in [5.74, 6) is 2.62. The lowest BCUT2D eigenvalue weighted by Crippen LogP contribution is -2.15. The lowest BCUT2D eigenvalue weighted by molar-refractivity contribution is -0.113. The smallest absolute Gasteiger partial charge is 0.234 e. The van der Waals surface area contributed by atoms with Crippen molar-refractivity contribution in [3.8, 4) is 34.3 Å². The van der Waals surface area contributed by atoms with Gasteiger partial charge in [-0.3, -0.25) is 9.36 Å². The van der Waals surface area contributed by atoms with Crippen molar-refractivity contribution in [2.45, 2.75) is 12.1 Å². The van der Waals surface area contributed by atoms with E-state index in [1.54, 1.807) is 7.11 Å². The number of hydrogen-bond donors (Lipinski definition) is 1. The number of ether oxygens (including phenoxy) is 3. The summed E-state index contributed by atoms with van der Waals surface area (Å²) in [4.78, 5) is 12.7. The summed E-state index contributed by atoms with van der Waals surface area (Å²) in [6, 6.07) is 21.1. The molecule has 0 bridgehead atoms. The summed E-state index contributed by atoms with van der Waals surface area (Å²) in [5, 5.41) is 12.3. The van der Waals surface area contributed by atoms with Gasteiger partial charge in [0.15, 0.2) is 22.5 Å². The van der Waals surface area contributed by atoms with Crippen LogP contribution in [-0.4, -0.2) is 40.3 Å². The zero-order valence-electron chi connectivity index (χ0n) is 18.6. The third-order valence-corrected chi connectivity index (χ3v) is 6.17. The second-order valence-corrected chi connectivity index (χ2v) is 8.53. The van der Waals surface area contributed by atoms with Crippen molar-refractivity contribution in [2.24, 2.45) is 0 Å². The Hall–Kier alpha value is -3.98. The van der Waals surface area contributed by atoms with Crippen molar-refractivity contribution in [1.82, 2.24) is 14.8 Å². The molecule has 0 atom stereocenters. The minimum Gasteiger partial charge on any atom is -0.495 e. The Balaban J connectivity index is 1.41. The van der Waals surface area contributed by atoms with Crippen LogP contribution in [0.1, 0.15) is 5.56 Å². The van der Waals surface area contributed by atoms with E-state index in [1.165, 1.54) is 11.8 Å². The highest BCUT2D eigenvalue weighted by Crippen LogP contribution is 2.37. The molecule has 1 N–H and O–H groups in total. The number of amides is 1. The van der Waals surface area contributed by atoms with Crippen molar-refractivity contribution < 1.29 is 19.0 Å². The number of benzene rings is 3. The SMILES string of the molecule is COc1ccc(C)cc1NC(=O)CSc1nnc(-c2ccc3c(c2)OCO3)n1-c1ccccc1. The monoisotopic (exact) mass is 474 g/mol. The maximum absolute atomic E-state index is 12.7. The summed E-state index contributed by atoms with van der Waals surface area (Å²) in [5.41, 5.74) is 3.39. The van der Waals surface area contributed by atoms with Gasteiger partial charge >= 0.3 is 0 Å². The fourth-order valence-corrected chi connectivity index (χ4v) is 4.38. The summed E-state index contributed by atoms with van der Waals surface area (Å²) in [6.07, 6.45) is 0. The van der Waals surface area contributed by atoms with Gasteiger partial charge in [0.1, 0.15) is 5.75 Å². The van der Waals surface area contributed by atoms with Crippen LogP contribution in [0.5, 0.6) is 17.2 Å². The Morgan fingerprint density at radius 1 is 1.06 bits per heavy atom. The molecule has 172 valence electrons. The Morgan fingerprint density at radius 2 is 1.88 bits per heavy atom. The van der Waals surface area contributed by atoms with Crippen LogP contribution in [0.3, 0.4) is 0 Å². The number of rotatable bonds is 7. The summed E-state index contributed by atoms with van der Waals surface area (Å²) in [6.45, 7) is 2.16. The molecule has 9 heteroatoms. The number of aryl methyl sites for hydroxylation is 1. The molecule has 0 radical (unpaired) electrons. The zero-order valence-corrected chi connectivity index (χ0v) is 19.5. The number of nitrogens with one attached hydrogen (secondary N) is 1. The Morgan fingerprint density at radius 3 is 2.71 bits per heavy atom. The van der Waals surface area contributed by atoms with Gasteiger partial charge in [-0.2, -0.15) is 0 Å². The number of para-hydroxylation sites is 1. The largest absolute Gasteiger partial charge is 0.495 e. The van der Waals surface area contributed by atoms with Gasteiger partial charge in [0.2, 0.25) is 12.7 Å². The minimum absolute atomic E-state index is 0.156. The van der Waals surface area contributed by atoms with Crippen molar-refractivity contribution in [3.63, 3.8) is 0 Å². The topological polar surface area (TPSA) is 87.5 Å². The first-order chi connectivity index (χ1) is 16.6. The number of fused-ring (bicyclic) bond motifs is 1. The van der Waals surface area contributed by atoms with Gasteiger partial charge in [-0.05, 0) is 55.0 Å². The third kappa shape index (κ3) is 4.42. The van der Waals surface area contributed by atoms with Crippen LogP contribution in [-0.2, 0) is 4.79 Å². The molecule has 0 fully saturated rings. The average molecular weight is 475 g/mol. The molecule has 1 aliphatic heterocycles. The second-order valence-electron chi connectivity index (χ2n) is 7.59. The second kappa shape index (κ2) is 9.48. The lowest BCUT2D eigenvalue weighted by atomic mass is 10.2. The number of methoxy groups -OCH3 is 1. The van der Waals surface area contributed by atoms with Crippen LogP contribution in [0.15, 0.2) is 71.9 Å². The summed E-state index contributed by atoms with van der Waals surface area (Å²) >= 11 is 1.31. The molecule has 34 heavy (non-hydrogen) atoms. The first-order valence-electron chi connectivity index (χ1n) is 10.6. The highest BCUT2D eigenvalue weighted by atomic mass is 32.2. The van der Waals surface area contributed by atoms with Crippen LogP contribution < -0.4 is 19.5 Å². The van der Waals surface area contributed by atoms with Crippen LogP contribution in [0.2, 0.25) is 0 Å². The van der Waals surface area contributed by atoms with Gasteiger partial charge in [0.25, 0.3) is 0 Å². The van der Waals surface area contributed by atoms with E-state index in [2.05, 4.69) is 15.5 Å². The number of hydrogen-bond acceptors (Lipinski definition) is 7. The van der Waals surface area contributed by atoms with E-state index in [0.29, 0.717) is 33.9 Å². The predicted octanol–water partition coefficient (Wildman–Crippen LogP) is 4.71. The zero-order chi connectivity index (χ0) is 23.5. The fourth-order valence-electron chi connectivity index (χ4n) is 3.63.